The quantitative estimate of drug-likeness (QED) is 0.240. The Kier molecular flexibility index (Phi) is 6.49. The highest BCUT2D eigenvalue weighted by Crippen LogP contribution is 2.52. The normalized spacial score (nSPS) is 11.1. The van der Waals surface area contributed by atoms with E-state index in [0.717, 1.165) is 5.56 Å². The summed E-state index contributed by atoms with van der Waals surface area (Å²) in [7, 11) is 0. The van der Waals surface area contributed by atoms with Crippen molar-refractivity contribution in [1.29, 1.82) is 0 Å². The van der Waals surface area contributed by atoms with Crippen LogP contribution < -0.4 is 0 Å². The average molecular weight is 506 g/mol. The maximum absolute atomic E-state index is 6.43. The van der Waals surface area contributed by atoms with Crippen LogP contribution in [0.3, 0.4) is 0 Å². The lowest BCUT2D eigenvalue weighted by molar-refractivity contribution is 1.58. The first-order chi connectivity index (χ1) is 12.3. The Morgan fingerprint density at radius 3 is 1.38 bits per heavy atom. The molecule has 0 aliphatic rings. The van der Waals surface area contributed by atoms with Crippen molar-refractivity contribution in [3.05, 3.63) is 76.6 Å². The van der Waals surface area contributed by atoms with E-state index in [0.29, 0.717) is 21.7 Å². The van der Waals surface area contributed by atoms with Gasteiger partial charge in [0.15, 0.2) is 0 Å². The van der Waals surface area contributed by atoms with E-state index in [-0.39, 0.29) is 35.2 Å². The minimum Gasteiger partial charge on any atom is -0.0820 e. The van der Waals surface area contributed by atoms with Gasteiger partial charge in [-0.1, -0.05) is 123 Å². The van der Waals surface area contributed by atoms with Crippen molar-refractivity contribution in [2.75, 3.05) is 0 Å². The second-order valence-electron chi connectivity index (χ2n) is 5.22. The lowest BCUT2D eigenvalue weighted by atomic mass is 9.98. The van der Waals surface area contributed by atoms with Gasteiger partial charge in [-0.2, -0.15) is 0 Å². The minimum atomic E-state index is 0.0616. The largest absolute Gasteiger partial charge is 0.0820 e. The molecular formula is C18H6Cl8. The number of rotatable bonds is 2. The van der Waals surface area contributed by atoms with Crippen LogP contribution in [-0.2, 0) is 0 Å². The summed E-state index contributed by atoms with van der Waals surface area (Å²) in [5, 5.41) is 1.09. The SMILES string of the molecule is Clc1c(-c2ccccc2)cc(-c2c(Cl)c(Cl)c(Cl)c(Cl)c2Cl)c(Cl)c1Cl. The highest BCUT2D eigenvalue weighted by Gasteiger charge is 2.25. The van der Waals surface area contributed by atoms with Gasteiger partial charge >= 0.3 is 0 Å². The van der Waals surface area contributed by atoms with Crippen molar-refractivity contribution >= 4 is 92.8 Å². The summed E-state index contributed by atoms with van der Waals surface area (Å²) in [5.41, 5.74) is 2.27. The zero-order valence-corrected chi connectivity index (χ0v) is 18.5. The van der Waals surface area contributed by atoms with E-state index in [1.165, 1.54) is 0 Å². The first-order valence-electron chi connectivity index (χ1n) is 7.00. The molecule has 3 rings (SSSR count). The minimum absolute atomic E-state index is 0.0616. The molecule has 0 nitrogen and oxygen atoms in total. The molecule has 0 saturated carbocycles. The third kappa shape index (κ3) is 3.52. The van der Waals surface area contributed by atoms with Crippen molar-refractivity contribution < 1.29 is 0 Å². The number of benzene rings is 3. The molecule has 0 heterocycles. The van der Waals surface area contributed by atoms with Crippen molar-refractivity contribution in [3.8, 4) is 22.3 Å². The van der Waals surface area contributed by atoms with Crippen molar-refractivity contribution in [1.82, 2.24) is 0 Å². The van der Waals surface area contributed by atoms with Gasteiger partial charge in [0.2, 0.25) is 0 Å². The second-order valence-corrected chi connectivity index (χ2v) is 8.25. The Balaban J connectivity index is 2.40. The highest BCUT2D eigenvalue weighted by atomic mass is 35.5. The molecule has 0 unspecified atom stereocenters. The first-order valence-corrected chi connectivity index (χ1v) is 10.0. The lowest BCUT2D eigenvalue weighted by Crippen LogP contribution is -1.91. The van der Waals surface area contributed by atoms with E-state index in [4.69, 9.17) is 92.8 Å². The number of hydrogen-bond donors (Lipinski definition) is 0. The van der Waals surface area contributed by atoms with Crippen molar-refractivity contribution in [2.45, 2.75) is 0 Å². The molecule has 134 valence electrons. The summed E-state index contributed by atoms with van der Waals surface area (Å²) >= 11 is 50.4. The molecule has 3 aromatic rings. The molecule has 0 radical (unpaired) electrons. The summed E-state index contributed by atoms with van der Waals surface area (Å²) in [6.45, 7) is 0. The Morgan fingerprint density at radius 1 is 0.423 bits per heavy atom. The number of halogens is 8. The van der Waals surface area contributed by atoms with E-state index in [1.807, 2.05) is 30.3 Å². The molecule has 0 fully saturated rings. The van der Waals surface area contributed by atoms with Crippen LogP contribution in [-0.4, -0.2) is 0 Å². The Hall–Kier alpha value is -0.0200. The Labute approximate surface area is 190 Å². The monoisotopic (exact) mass is 502 g/mol. The summed E-state index contributed by atoms with van der Waals surface area (Å²) < 4.78 is 0. The molecular weight excluding hydrogens is 500 g/mol. The fourth-order valence-electron chi connectivity index (χ4n) is 2.45. The van der Waals surface area contributed by atoms with E-state index in [9.17, 15) is 0 Å². The molecule has 0 atom stereocenters. The standard InChI is InChI=1S/C18H6Cl8/c19-11-8(7-4-2-1-3-5-7)6-9(12(20)15(11)23)10-13(21)16(24)18(26)17(25)14(10)22/h1-6H. The van der Waals surface area contributed by atoms with E-state index in [1.54, 1.807) is 6.07 Å². The molecule has 0 saturated heterocycles. The van der Waals surface area contributed by atoms with Crippen LogP contribution in [0.4, 0.5) is 0 Å². The zero-order chi connectivity index (χ0) is 19.2. The van der Waals surface area contributed by atoms with Gasteiger partial charge in [-0.15, -0.1) is 0 Å². The first kappa shape index (κ1) is 20.7. The van der Waals surface area contributed by atoms with Crippen LogP contribution in [0.25, 0.3) is 22.3 Å². The Morgan fingerprint density at radius 2 is 0.846 bits per heavy atom. The molecule has 0 aliphatic carbocycles. The van der Waals surface area contributed by atoms with E-state index < -0.39 is 0 Å². The van der Waals surface area contributed by atoms with E-state index >= 15 is 0 Å². The molecule has 0 bridgehead atoms. The maximum Gasteiger partial charge on any atom is 0.0809 e. The molecule has 26 heavy (non-hydrogen) atoms. The summed E-state index contributed by atoms with van der Waals surface area (Å²) in [4.78, 5) is 0. The fraction of sp³-hybridized carbons (Fsp3) is 0. The molecule has 0 spiro atoms. The molecule has 0 N–H and O–H groups in total. The average Bonchev–Trinajstić information content (AvgIpc) is 2.65. The van der Waals surface area contributed by atoms with Gasteiger partial charge in [-0.25, -0.2) is 0 Å². The van der Waals surface area contributed by atoms with Crippen LogP contribution >= 0.6 is 92.8 Å². The van der Waals surface area contributed by atoms with Gasteiger partial charge in [0.05, 0.1) is 40.2 Å². The van der Waals surface area contributed by atoms with Gasteiger partial charge in [-0.3, -0.25) is 0 Å². The predicted octanol–water partition coefficient (Wildman–Crippen LogP) is 10.2. The highest BCUT2D eigenvalue weighted by molar-refractivity contribution is 6.57. The van der Waals surface area contributed by atoms with E-state index in [2.05, 4.69) is 0 Å². The number of hydrogen-bond acceptors (Lipinski definition) is 0. The van der Waals surface area contributed by atoms with Crippen LogP contribution in [0.2, 0.25) is 40.2 Å². The smallest absolute Gasteiger partial charge is 0.0809 e. The third-order valence-corrected chi connectivity index (χ3v) is 7.34. The van der Waals surface area contributed by atoms with Gasteiger partial charge in [-0.05, 0) is 11.6 Å². The molecule has 3 aromatic carbocycles. The lowest BCUT2D eigenvalue weighted by Gasteiger charge is -2.17. The summed E-state index contributed by atoms with van der Waals surface area (Å²) in [6, 6.07) is 11.2. The molecule has 8 heteroatoms. The van der Waals surface area contributed by atoms with Crippen LogP contribution in [0.1, 0.15) is 0 Å². The van der Waals surface area contributed by atoms with Gasteiger partial charge < -0.3 is 0 Å². The van der Waals surface area contributed by atoms with Crippen LogP contribution in [0, 0.1) is 0 Å². The molecule has 0 amide bonds. The van der Waals surface area contributed by atoms with Crippen molar-refractivity contribution in [2.24, 2.45) is 0 Å². The predicted molar refractivity (Wildman–Crippen MR) is 117 cm³/mol. The second kappa shape index (κ2) is 8.15. The molecule has 0 aliphatic heterocycles. The van der Waals surface area contributed by atoms with Crippen LogP contribution in [0.5, 0.6) is 0 Å². The van der Waals surface area contributed by atoms with Gasteiger partial charge in [0, 0.05) is 16.7 Å². The summed E-state index contributed by atoms with van der Waals surface area (Å²) in [5.74, 6) is 0. The summed E-state index contributed by atoms with van der Waals surface area (Å²) in [6.07, 6.45) is 0. The maximum atomic E-state index is 6.43. The third-order valence-electron chi connectivity index (χ3n) is 3.71. The zero-order valence-electron chi connectivity index (χ0n) is 12.5. The van der Waals surface area contributed by atoms with Crippen LogP contribution in [0.15, 0.2) is 36.4 Å². The van der Waals surface area contributed by atoms with Gasteiger partial charge in [0.1, 0.15) is 0 Å². The Bertz CT molecular complexity index is 983. The molecule has 0 aromatic heterocycles. The fourth-order valence-corrected chi connectivity index (χ4v) is 4.55. The topological polar surface area (TPSA) is 0 Å². The van der Waals surface area contributed by atoms with Gasteiger partial charge in [0.25, 0.3) is 0 Å². The van der Waals surface area contributed by atoms with Crippen molar-refractivity contribution in [3.63, 3.8) is 0 Å².